The van der Waals surface area contributed by atoms with Gasteiger partial charge < -0.3 is 15.8 Å². The van der Waals surface area contributed by atoms with Gasteiger partial charge in [0.05, 0.1) is 12.8 Å². The monoisotopic (exact) mass is 253 g/mol. The van der Waals surface area contributed by atoms with Crippen molar-refractivity contribution < 1.29 is 4.74 Å². The van der Waals surface area contributed by atoms with E-state index in [0.717, 1.165) is 10.6 Å². The van der Waals surface area contributed by atoms with Gasteiger partial charge in [0.15, 0.2) is 16.6 Å². The molecule has 0 fully saturated rings. The van der Waals surface area contributed by atoms with Crippen LogP contribution in [0.4, 0.5) is 10.8 Å². The summed E-state index contributed by atoms with van der Waals surface area (Å²) in [4.78, 5) is 0. The Hall–Kier alpha value is -1.76. The number of rotatable bonds is 5. The summed E-state index contributed by atoms with van der Waals surface area (Å²) < 4.78 is 11.3. The van der Waals surface area contributed by atoms with E-state index < -0.39 is 0 Å². The second-order valence-corrected chi connectivity index (χ2v) is 4.31. The van der Waals surface area contributed by atoms with Crippen molar-refractivity contribution in [1.82, 2.24) is 14.2 Å². The summed E-state index contributed by atoms with van der Waals surface area (Å²) in [6.07, 6.45) is 3.77. The molecule has 0 saturated carbocycles. The standard InChI is InChI=1S/C10H15N5OS/c1-3-16-8-9(11)14-17-10(8)12-4-7-5-13-15(2)6-7/h5-6,12H,3-4H2,1-2H3,(H2,11,14). The third-order valence-corrected chi connectivity index (χ3v) is 2.97. The maximum Gasteiger partial charge on any atom is 0.197 e. The van der Waals surface area contributed by atoms with E-state index in [1.807, 2.05) is 26.4 Å². The van der Waals surface area contributed by atoms with Gasteiger partial charge in [0.25, 0.3) is 0 Å². The summed E-state index contributed by atoms with van der Waals surface area (Å²) in [5.74, 6) is 1.08. The van der Waals surface area contributed by atoms with Gasteiger partial charge in [0.2, 0.25) is 0 Å². The quantitative estimate of drug-likeness (QED) is 0.843. The molecule has 0 bridgehead atoms. The SMILES string of the molecule is CCOc1c(N)nsc1NCc1cnn(C)c1. The molecule has 0 unspecified atom stereocenters. The van der Waals surface area contributed by atoms with E-state index in [1.54, 1.807) is 4.68 Å². The van der Waals surface area contributed by atoms with Crippen molar-refractivity contribution in [2.45, 2.75) is 13.5 Å². The third-order valence-electron chi connectivity index (χ3n) is 2.17. The number of hydrogen-bond donors (Lipinski definition) is 2. The largest absolute Gasteiger partial charge is 0.487 e. The van der Waals surface area contributed by atoms with E-state index in [1.165, 1.54) is 11.5 Å². The molecule has 0 atom stereocenters. The zero-order valence-electron chi connectivity index (χ0n) is 9.80. The first kappa shape index (κ1) is 11.7. The highest BCUT2D eigenvalue weighted by Crippen LogP contribution is 2.35. The molecule has 2 aromatic rings. The van der Waals surface area contributed by atoms with E-state index in [-0.39, 0.29) is 0 Å². The Balaban J connectivity index is 2.03. The maximum atomic E-state index is 5.72. The van der Waals surface area contributed by atoms with Crippen LogP contribution in [0, 0.1) is 0 Å². The van der Waals surface area contributed by atoms with Crippen LogP contribution in [0.15, 0.2) is 12.4 Å². The lowest BCUT2D eigenvalue weighted by molar-refractivity contribution is 0.344. The van der Waals surface area contributed by atoms with Crippen LogP contribution in [-0.4, -0.2) is 20.8 Å². The van der Waals surface area contributed by atoms with Gasteiger partial charge in [-0.05, 0) is 18.5 Å². The number of aryl methyl sites for hydroxylation is 1. The molecule has 6 nitrogen and oxygen atoms in total. The number of nitrogen functional groups attached to an aromatic ring is 1. The van der Waals surface area contributed by atoms with Gasteiger partial charge in [-0.2, -0.15) is 9.47 Å². The Bertz CT molecular complexity index is 493. The smallest absolute Gasteiger partial charge is 0.197 e. The number of aromatic nitrogens is 3. The normalized spacial score (nSPS) is 10.5. The molecule has 0 aliphatic carbocycles. The molecule has 3 N–H and O–H groups in total. The van der Waals surface area contributed by atoms with Crippen molar-refractivity contribution >= 4 is 22.4 Å². The van der Waals surface area contributed by atoms with Gasteiger partial charge in [-0.25, -0.2) is 0 Å². The first-order valence-corrected chi connectivity index (χ1v) is 6.07. The van der Waals surface area contributed by atoms with Gasteiger partial charge >= 0.3 is 0 Å². The molecular formula is C10H15N5OS. The summed E-state index contributed by atoms with van der Waals surface area (Å²) in [7, 11) is 1.89. The summed E-state index contributed by atoms with van der Waals surface area (Å²) in [6.45, 7) is 3.17. The minimum absolute atomic E-state index is 0.436. The van der Waals surface area contributed by atoms with Crippen LogP contribution in [0.1, 0.15) is 12.5 Å². The molecule has 92 valence electrons. The molecule has 0 saturated heterocycles. The van der Waals surface area contributed by atoms with E-state index >= 15 is 0 Å². The first-order chi connectivity index (χ1) is 8.20. The summed E-state index contributed by atoms with van der Waals surface area (Å²) in [5, 5.41) is 8.20. The van der Waals surface area contributed by atoms with Crippen LogP contribution in [0.5, 0.6) is 5.75 Å². The van der Waals surface area contributed by atoms with E-state index in [9.17, 15) is 0 Å². The molecule has 0 aromatic carbocycles. The average molecular weight is 253 g/mol. The van der Waals surface area contributed by atoms with Crippen LogP contribution in [-0.2, 0) is 13.6 Å². The highest BCUT2D eigenvalue weighted by Gasteiger charge is 2.12. The lowest BCUT2D eigenvalue weighted by Crippen LogP contribution is -2.01. The fourth-order valence-corrected chi connectivity index (χ4v) is 2.09. The predicted molar refractivity (Wildman–Crippen MR) is 68.2 cm³/mol. The highest BCUT2D eigenvalue weighted by molar-refractivity contribution is 7.11. The van der Waals surface area contributed by atoms with Crippen LogP contribution in [0.25, 0.3) is 0 Å². The van der Waals surface area contributed by atoms with Crippen LogP contribution in [0.3, 0.4) is 0 Å². The van der Waals surface area contributed by atoms with Crippen molar-refractivity contribution in [3.05, 3.63) is 18.0 Å². The number of nitrogens with two attached hydrogens (primary N) is 1. The summed E-state index contributed by atoms with van der Waals surface area (Å²) >= 11 is 1.30. The molecule has 2 rings (SSSR count). The Kier molecular flexibility index (Phi) is 3.48. The topological polar surface area (TPSA) is 78.0 Å². The molecular weight excluding hydrogens is 238 g/mol. The summed E-state index contributed by atoms with van der Waals surface area (Å²) in [6, 6.07) is 0. The fraction of sp³-hybridized carbons (Fsp3) is 0.400. The number of nitrogens with one attached hydrogen (secondary N) is 1. The first-order valence-electron chi connectivity index (χ1n) is 5.30. The van der Waals surface area contributed by atoms with Crippen molar-refractivity contribution in [3.63, 3.8) is 0 Å². The highest BCUT2D eigenvalue weighted by atomic mass is 32.1. The number of hydrogen-bond acceptors (Lipinski definition) is 6. The minimum Gasteiger partial charge on any atom is -0.487 e. The Morgan fingerprint density at radius 3 is 3.06 bits per heavy atom. The van der Waals surface area contributed by atoms with E-state index in [4.69, 9.17) is 10.5 Å². The van der Waals surface area contributed by atoms with Crippen LogP contribution < -0.4 is 15.8 Å². The second kappa shape index (κ2) is 5.05. The zero-order chi connectivity index (χ0) is 12.3. The molecule has 0 radical (unpaired) electrons. The third kappa shape index (κ3) is 2.68. The molecule has 17 heavy (non-hydrogen) atoms. The Labute approximate surface area is 104 Å². The minimum atomic E-state index is 0.436. The lowest BCUT2D eigenvalue weighted by atomic mass is 10.3. The van der Waals surface area contributed by atoms with Gasteiger partial charge in [-0.1, -0.05) is 0 Å². The second-order valence-electron chi connectivity index (χ2n) is 3.53. The molecule has 2 aromatic heterocycles. The number of nitrogens with zero attached hydrogens (tertiary/aromatic N) is 3. The van der Waals surface area contributed by atoms with Crippen LogP contribution in [0.2, 0.25) is 0 Å². The van der Waals surface area contributed by atoms with Gasteiger partial charge in [-0.15, -0.1) is 0 Å². The molecule has 0 amide bonds. The molecule has 7 heteroatoms. The number of ether oxygens (including phenoxy) is 1. The van der Waals surface area contributed by atoms with Gasteiger partial charge in [-0.3, -0.25) is 4.68 Å². The Morgan fingerprint density at radius 1 is 1.59 bits per heavy atom. The van der Waals surface area contributed by atoms with E-state index in [0.29, 0.717) is 24.7 Å². The summed E-state index contributed by atoms with van der Waals surface area (Å²) in [5.41, 5.74) is 6.82. The molecule has 0 spiro atoms. The zero-order valence-corrected chi connectivity index (χ0v) is 10.6. The van der Waals surface area contributed by atoms with E-state index in [2.05, 4.69) is 14.8 Å². The predicted octanol–water partition coefficient (Wildman–Crippen LogP) is 1.47. The lowest BCUT2D eigenvalue weighted by Gasteiger charge is -2.06. The van der Waals surface area contributed by atoms with Crippen LogP contribution >= 0.6 is 11.5 Å². The van der Waals surface area contributed by atoms with Gasteiger partial charge in [0, 0.05) is 25.4 Å². The van der Waals surface area contributed by atoms with Crippen molar-refractivity contribution in [3.8, 4) is 5.75 Å². The maximum absolute atomic E-state index is 5.72. The molecule has 0 aliphatic heterocycles. The number of anilines is 2. The van der Waals surface area contributed by atoms with Gasteiger partial charge in [0.1, 0.15) is 0 Å². The Morgan fingerprint density at radius 2 is 2.41 bits per heavy atom. The molecule has 2 heterocycles. The van der Waals surface area contributed by atoms with Crippen molar-refractivity contribution in [1.29, 1.82) is 0 Å². The van der Waals surface area contributed by atoms with Crippen molar-refractivity contribution in [2.24, 2.45) is 7.05 Å². The fourth-order valence-electron chi connectivity index (χ4n) is 1.44. The van der Waals surface area contributed by atoms with Crippen molar-refractivity contribution in [2.75, 3.05) is 17.7 Å². The molecule has 0 aliphatic rings. The average Bonchev–Trinajstić information content (AvgIpc) is 2.86.